The number of ether oxygens (including phenoxy) is 3. The number of benzene rings is 2. The molecule has 0 spiro atoms. The topological polar surface area (TPSA) is 88.5 Å². The Bertz CT molecular complexity index is 781. The second-order valence-electron chi connectivity index (χ2n) is 9.00. The number of carbonyl (C=O) groups excluding carboxylic acids is 1. The Hall–Kier alpha value is -2.45. The SMILES string of the molecule is CC(C)(C)OC(=O)N1[C@H](COCc2ccccc2)[C@H](O)[C@H](O)[C@H]1COCc1ccccc1. The molecule has 0 aliphatic carbocycles. The number of nitrogens with zero attached hydrogens (tertiary/aromatic N) is 1. The lowest BCUT2D eigenvalue weighted by Crippen LogP contribution is -2.49. The second kappa shape index (κ2) is 10.9. The predicted molar refractivity (Wildman–Crippen MR) is 120 cm³/mol. The van der Waals surface area contributed by atoms with Crippen molar-refractivity contribution in [2.75, 3.05) is 13.2 Å². The van der Waals surface area contributed by atoms with Crippen molar-refractivity contribution in [1.82, 2.24) is 4.90 Å². The van der Waals surface area contributed by atoms with Crippen LogP contribution in [0.15, 0.2) is 60.7 Å². The summed E-state index contributed by atoms with van der Waals surface area (Å²) in [7, 11) is 0. The Kier molecular flexibility index (Phi) is 8.26. The van der Waals surface area contributed by atoms with Crippen LogP contribution >= 0.6 is 0 Å². The van der Waals surface area contributed by atoms with Crippen molar-refractivity contribution in [3.63, 3.8) is 0 Å². The second-order valence-corrected chi connectivity index (χ2v) is 9.00. The summed E-state index contributed by atoms with van der Waals surface area (Å²) in [5.41, 5.74) is 1.24. The minimum Gasteiger partial charge on any atom is -0.444 e. The van der Waals surface area contributed by atoms with Crippen LogP contribution in [0.2, 0.25) is 0 Å². The monoisotopic (exact) mass is 443 g/mol. The first-order valence-electron chi connectivity index (χ1n) is 10.9. The minimum absolute atomic E-state index is 0.0571. The molecule has 1 saturated heterocycles. The maximum absolute atomic E-state index is 13.0. The third kappa shape index (κ3) is 6.53. The van der Waals surface area contributed by atoms with Crippen molar-refractivity contribution in [2.45, 2.75) is 63.9 Å². The number of likely N-dealkylation sites (tertiary alicyclic amines) is 1. The molecule has 3 rings (SSSR count). The summed E-state index contributed by atoms with van der Waals surface area (Å²) in [4.78, 5) is 14.4. The number of rotatable bonds is 8. The molecule has 7 heteroatoms. The van der Waals surface area contributed by atoms with E-state index in [1.165, 1.54) is 4.90 Å². The van der Waals surface area contributed by atoms with Crippen molar-refractivity contribution < 1.29 is 29.2 Å². The molecule has 1 aliphatic heterocycles. The van der Waals surface area contributed by atoms with E-state index in [1.807, 2.05) is 60.7 Å². The van der Waals surface area contributed by atoms with Crippen LogP contribution < -0.4 is 0 Å². The van der Waals surface area contributed by atoms with Crippen LogP contribution in [-0.2, 0) is 27.4 Å². The lowest BCUT2D eigenvalue weighted by molar-refractivity contribution is -0.0235. The van der Waals surface area contributed by atoms with Gasteiger partial charge in [-0.3, -0.25) is 4.90 Å². The van der Waals surface area contributed by atoms with Gasteiger partial charge in [0.25, 0.3) is 0 Å². The molecule has 4 atom stereocenters. The maximum atomic E-state index is 13.0. The molecule has 2 N–H and O–H groups in total. The smallest absolute Gasteiger partial charge is 0.411 e. The number of aliphatic hydroxyl groups excluding tert-OH is 2. The molecule has 32 heavy (non-hydrogen) atoms. The number of aliphatic hydroxyl groups is 2. The Labute approximate surface area is 189 Å². The van der Waals surface area contributed by atoms with Gasteiger partial charge in [0.05, 0.1) is 38.5 Å². The minimum atomic E-state index is -1.18. The number of hydrogen-bond acceptors (Lipinski definition) is 6. The fraction of sp³-hybridized carbons (Fsp3) is 0.480. The molecular weight excluding hydrogens is 410 g/mol. The van der Waals surface area contributed by atoms with Gasteiger partial charge in [0.15, 0.2) is 0 Å². The average molecular weight is 444 g/mol. The van der Waals surface area contributed by atoms with Crippen LogP contribution in [0, 0.1) is 0 Å². The van der Waals surface area contributed by atoms with Crippen molar-refractivity contribution in [3.8, 4) is 0 Å². The van der Waals surface area contributed by atoms with Gasteiger partial charge in [0, 0.05) is 0 Å². The molecule has 1 amide bonds. The first-order valence-corrected chi connectivity index (χ1v) is 10.9. The van der Waals surface area contributed by atoms with E-state index >= 15 is 0 Å². The molecule has 174 valence electrons. The molecule has 2 aromatic carbocycles. The van der Waals surface area contributed by atoms with Gasteiger partial charge in [-0.2, -0.15) is 0 Å². The zero-order chi connectivity index (χ0) is 23.1. The normalized spacial score (nSPS) is 23.3. The lowest BCUT2D eigenvalue weighted by atomic mass is 10.1. The highest BCUT2D eigenvalue weighted by atomic mass is 16.6. The highest BCUT2D eigenvalue weighted by Crippen LogP contribution is 2.29. The van der Waals surface area contributed by atoms with E-state index in [1.54, 1.807) is 20.8 Å². The van der Waals surface area contributed by atoms with Gasteiger partial charge in [0.1, 0.15) is 17.8 Å². The fourth-order valence-electron chi connectivity index (χ4n) is 3.72. The molecule has 1 aliphatic rings. The summed E-state index contributed by atoms with van der Waals surface area (Å²) in [5, 5.41) is 21.4. The van der Waals surface area contributed by atoms with Crippen molar-refractivity contribution in [3.05, 3.63) is 71.8 Å². The highest BCUT2D eigenvalue weighted by molar-refractivity contribution is 5.70. The van der Waals surface area contributed by atoms with E-state index in [4.69, 9.17) is 14.2 Å². The Balaban J connectivity index is 1.69. The largest absolute Gasteiger partial charge is 0.444 e. The molecule has 7 nitrogen and oxygen atoms in total. The van der Waals surface area contributed by atoms with Gasteiger partial charge in [0.2, 0.25) is 0 Å². The molecule has 0 bridgehead atoms. The lowest BCUT2D eigenvalue weighted by Gasteiger charge is -2.32. The molecular formula is C25H33NO6. The molecule has 2 aromatic rings. The third-order valence-electron chi connectivity index (χ3n) is 5.26. The van der Waals surface area contributed by atoms with E-state index in [-0.39, 0.29) is 13.2 Å². The van der Waals surface area contributed by atoms with Crippen molar-refractivity contribution in [1.29, 1.82) is 0 Å². The van der Waals surface area contributed by atoms with Gasteiger partial charge in [-0.25, -0.2) is 4.79 Å². The van der Waals surface area contributed by atoms with Gasteiger partial charge in [-0.1, -0.05) is 60.7 Å². The van der Waals surface area contributed by atoms with E-state index in [9.17, 15) is 15.0 Å². The highest BCUT2D eigenvalue weighted by Gasteiger charge is 2.51. The quantitative estimate of drug-likeness (QED) is 0.652. The summed E-state index contributed by atoms with van der Waals surface area (Å²) in [6.07, 6.45) is -2.97. The van der Waals surface area contributed by atoms with E-state index in [0.717, 1.165) is 11.1 Å². The zero-order valence-electron chi connectivity index (χ0n) is 18.9. The Morgan fingerprint density at radius 3 is 1.59 bits per heavy atom. The van der Waals surface area contributed by atoms with Crippen LogP contribution in [0.1, 0.15) is 31.9 Å². The Morgan fingerprint density at radius 2 is 1.22 bits per heavy atom. The molecule has 1 fully saturated rings. The van der Waals surface area contributed by atoms with Crippen molar-refractivity contribution >= 4 is 6.09 Å². The van der Waals surface area contributed by atoms with E-state index in [0.29, 0.717) is 13.2 Å². The summed E-state index contributed by atoms with van der Waals surface area (Å²) in [6.45, 7) is 6.10. The van der Waals surface area contributed by atoms with Gasteiger partial charge >= 0.3 is 6.09 Å². The van der Waals surface area contributed by atoms with Gasteiger partial charge in [-0.05, 0) is 31.9 Å². The van der Waals surface area contributed by atoms with Gasteiger partial charge in [-0.15, -0.1) is 0 Å². The van der Waals surface area contributed by atoms with Gasteiger partial charge < -0.3 is 24.4 Å². The molecule has 0 radical (unpaired) electrons. The number of carbonyl (C=O) groups is 1. The van der Waals surface area contributed by atoms with Crippen LogP contribution in [-0.4, -0.2) is 64.3 Å². The number of hydrogen-bond donors (Lipinski definition) is 2. The van der Waals surface area contributed by atoms with E-state index < -0.39 is 36.0 Å². The third-order valence-corrected chi connectivity index (χ3v) is 5.26. The molecule has 0 aromatic heterocycles. The molecule has 0 unspecified atom stereocenters. The summed E-state index contributed by atoms with van der Waals surface area (Å²) < 4.78 is 17.1. The van der Waals surface area contributed by atoms with Crippen molar-refractivity contribution in [2.24, 2.45) is 0 Å². The fourth-order valence-corrected chi connectivity index (χ4v) is 3.72. The predicted octanol–water partition coefficient (Wildman–Crippen LogP) is 3.13. The first-order chi connectivity index (χ1) is 15.3. The van der Waals surface area contributed by atoms with Crippen LogP contribution in [0.3, 0.4) is 0 Å². The Morgan fingerprint density at radius 1 is 0.812 bits per heavy atom. The standard InChI is InChI=1S/C25H33NO6/c1-25(2,3)32-24(29)26-20(16-30-14-18-10-6-4-7-11-18)22(27)23(28)21(26)17-31-15-19-12-8-5-9-13-19/h4-13,20-23,27-28H,14-17H2,1-3H3/t20-,21-,22-,23+/m1/s1. The van der Waals surface area contributed by atoms with Crippen LogP contribution in [0.5, 0.6) is 0 Å². The zero-order valence-corrected chi connectivity index (χ0v) is 18.9. The van der Waals surface area contributed by atoms with E-state index in [2.05, 4.69) is 0 Å². The maximum Gasteiger partial charge on any atom is 0.411 e. The van der Waals surface area contributed by atoms with Crippen LogP contribution in [0.25, 0.3) is 0 Å². The summed E-state index contributed by atoms with van der Waals surface area (Å²) >= 11 is 0. The number of amides is 1. The summed E-state index contributed by atoms with van der Waals surface area (Å²) in [5.74, 6) is 0. The molecule has 1 heterocycles. The summed E-state index contributed by atoms with van der Waals surface area (Å²) in [6, 6.07) is 17.7. The molecule has 0 saturated carbocycles. The average Bonchev–Trinajstić information content (AvgIpc) is 2.99. The van der Waals surface area contributed by atoms with Crippen LogP contribution in [0.4, 0.5) is 4.79 Å². The first kappa shape index (κ1) is 24.2.